The molecular formula is C34H43FO8. The summed E-state index contributed by atoms with van der Waals surface area (Å²) in [5.41, 5.74) is 3.06. The molecule has 1 saturated carbocycles. The molecule has 9 heteroatoms. The molecule has 3 rings (SSSR count). The van der Waals surface area contributed by atoms with E-state index in [4.69, 9.17) is 29.2 Å². The van der Waals surface area contributed by atoms with Gasteiger partial charge in [-0.2, -0.15) is 0 Å². The Kier molecular flexibility index (Phi) is 14.2. The number of carbonyl (C=O) groups excluding carboxylic acids is 2. The molecule has 0 aliphatic heterocycles. The summed E-state index contributed by atoms with van der Waals surface area (Å²) in [7, 11) is 0. The smallest absolute Gasteiger partial charge is 0.335 e. The summed E-state index contributed by atoms with van der Waals surface area (Å²) in [5.74, 6) is 0.836. The zero-order valence-corrected chi connectivity index (χ0v) is 24.7. The van der Waals surface area contributed by atoms with Gasteiger partial charge in [-0.25, -0.2) is 9.59 Å². The number of rotatable bonds is 18. The average molecular weight is 599 g/mol. The lowest BCUT2D eigenvalue weighted by Gasteiger charge is -2.29. The van der Waals surface area contributed by atoms with E-state index in [9.17, 15) is 14.0 Å². The van der Waals surface area contributed by atoms with Crippen LogP contribution in [0.3, 0.4) is 0 Å². The Morgan fingerprint density at radius 3 is 1.77 bits per heavy atom. The van der Waals surface area contributed by atoms with Crippen LogP contribution in [0, 0.1) is 5.92 Å². The number of ether oxygens (including phenoxy) is 4. The summed E-state index contributed by atoms with van der Waals surface area (Å²) in [5, 5.41) is 18.0. The van der Waals surface area contributed by atoms with E-state index in [2.05, 4.69) is 37.4 Å². The zero-order chi connectivity index (χ0) is 31.0. The van der Waals surface area contributed by atoms with Crippen LogP contribution in [0.2, 0.25) is 0 Å². The minimum Gasteiger partial charge on any atom is -0.490 e. The van der Waals surface area contributed by atoms with E-state index >= 15 is 0 Å². The van der Waals surface area contributed by atoms with Crippen LogP contribution in [0.1, 0.15) is 56.4 Å². The van der Waals surface area contributed by atoms with Crippen molar-refractivity contribution in [3.8, 4) is 22.6 Å². The Labute approximate surface area is 253 Å². The molecule has 43 heavy (non-hydrogen) atoms. The minimum atomic E-state index is -0.687. The number of carbonyl (C=O) groups is 2. The Hall–Kier alpha value is -3.69. The maximum atomic E-state index is 12.4. The number of alkyl halides is 1. The fourth-order valence-electron chi connectivity index (χ4n) is 5.09. The zero-order valence-electron chi connectivity index (χ0n) is 24.7. The molecule has 2 aromatic rings. The van der Waals surface area contributed by atoms with Crippen LogP contribution in [0.5, 0.6) is 11.5 Å². The lowest BCUT2D eigenvalue weighted by atomic mass is 9.77. The fourth-order valence-corrected chi connectivity index (χ4v) is 5.09. The van der Waals surface area contributed by atoms with Crippen LogP contribution in [-0.4, -0.2) is 68.5 Å². The quantitative estimate of drug-likeness (QED) is 0.128. The van der Waals surface area contributed by atoms with Crippen LogP contribution >= 0.6 is 0 Å². The molecule has 0 heterocycles. The Morgan fingerprint density at radius 2 is 1.28 bits per heavy atom. The van der Waals surface area contributed by atoms with Gasteiger partial charge in [-0.1, -0.05) is 50.3 Å². The lowest BCUT2D eigenvalue weighted by molar-refractivity contribution is -0.141. The maximum Gasteiger partial charge on any atom is 0.335 e. The van der Waals surface area contributed by atoms with Crippen molar-refractivity contribution in [2.75, 3.05) is 46.3 Å². The van der Waals surface area contributed by atoms with E-state index in [0.29, 0.717) is 29.8 Å². The highest BCUT2D eigenvalue weighted by molar-refractivity contribution is 5.88. The predicted molar refractivity (Wildman–Crippen MR) is 162 cm³/mol. The largest absolute Gasteiger partial charge is 0.490 e. The molecular weight excluding hydrogens is 555 g/mol. The number of aliphatic hydroxyl groups is 2. The predicted octanol–water partition coefficient (Wildman–Crippen LogP) is 5.71. The number of hydrogen-bond acceptors (Lipinski definition) is 8. The van der Waals surface area contributed by atoms with Crippen molar-refractivity contribution < 1.29 is 43.1 Å². The topological polar surface area (TPSA) is 112 Å². The van der Waals surface area contributed by atoms with Crippen molar-refractivity contribution in [2.24, 2.45) is 5.92 Å². The van der Waals surface area contributed by atoms with Gasteiger partial charge in [0.25, 0.3) is 0 Å². The third-order valence-electron chi connectivity index (χ3n) is 7.57. The summed E-state index contributed by atoms with van der Waals surface area (Å²) in [6.45, 7) is 5.78. The van der Waals surface area contributed by atoms with Crippen LogP contribution < -0.4 is 9.47 Å². The summed E-state index contributed by atoms with van der Waals surface area (Å²) in [6, 6.07) is 13.9. The summed E-state index contributed by atoms with van der Waals surface area (Å²) >= 11 is 0. The SMILES string of the molecule is C=C(CO)C(=O)OCCOc1cc(OCCOC(=O)C(=C)CO)cc(-c2ccc(C3CCC(CCCCF)CC3)cc2)c1. The Bertz CT molecular complexity index is 1150. The van der Waals surface area contributed by atoms with Gasteiger partial charge in [0, 0.05) is 6.07 Å². The highest BCUT2D eigenvalue weighted by atomic mass is 19.1. The average Bonchev–Trinajstić information content (AvgIpc) is 3.04. The number of esters is 2. The van der Waals surface area contributed by atoms with Gasteiger partial charge in [0.15, 0.2) is 0 Å². The van der Waals surface area contributed by atoms with Crippen molar-refractivity contribution >= 4 is 11.9 Å². The number of unbranched alkanes of at least 4 members (excludes halogenated alkanes) is 1. The molecule has 1 aliphatic carbocycles. The van der Waals surface area contributed by atoms with E-state index in [0.717, 1.165) is 36.8 Å². The molecule has 0 radical (unpaired) electrons. The first kappa shape index (κ1) is 33.8. The van der Waals surface area contributed by atoms with Crippen LogP contribution in [0.4, 0.5) is 4.39 Å². The van der Waals surface area contributed by atoms with Gasteiger partial charge in [0.2, 0.25) is 0 Å². The molecule has 2 aromatic carbocycles. The van der Waals surface area contributed by atoms with Gasteiger partial charge in [0.1, 0.15) is 37.9 Å². The van der Waals surface area contributed by atoms with E-state index in [1.807, 2.05) is 12.1 Å². The molecule has 0 aromatic heterocycles. The highest BCUT2D eigenvalue weighted by Gasteiger charge is 2.22. The van der Waals surface area contributed by atoms with E-state index < -0.39 is 25.2 Å². The monoisotopic (exact) mass is 598 g/mol. The number of hydrogen-bond donors (Lipinski definition) is 2. The van der Waals surface area contributed by atoms with Crippen molar-refractivity contribution in [3.63, 3.8) is 0 Å². The lowest BCUT2D eigenvalue weighted by Crippen LogP contribution is -2.15. The van der Waals surface area contributed by atoms with Crippen molar-refractivity contribution in [2.45, 2.75) is 50.9 Å². The van der Waals surface area contributed by atoms with Gasteiger partial charge in [-0.05, 0) is 72.8 Å². The molecule has 0 spiro atoms. The first-order valence-corrected chi connectivity index (χ1v) is 14.8. The summed E-state index contributed by atoms with van der Waals surface area (Å²) < 4.78 is 34.2. The van der Waals surface area contributed by atoms with Crippen LogP contribution in [-0.2, 0) is 19.1 Å². The second kappa shape index (κ2) is 18.1. The van der Waals surface area contributed by atoms with Crippen molar-refractivity contribution in [1.29, 1.82) is 0 Å². The second-order valence-corrected chi connectivity index (χ2v) is 10.7. The van der Waals surface area contributed by atoms with Gasteiger partial charge in [-0.3, -0.25) is 4.39 Å². The molecule has 1 aliphatic rings. The number of halogens is 1. The summed E-state index contributed by atoms with van der Waals surface area (Å²) in [4.78, 5) is 23.4. The molecule has 0 amide bonds. The molecule has 0 bridgehead atoms. The molecule has 8 nitrogen and oxygen atoms in total. The van der Waals surface area contributed by atoms with E-state index in [1.54, 1.807) is 6.07 Å². The van der Waals surface area contributed by atoms with E-state index in [-0.39, 0.29) is 44.2 Å². The third kappa shape index (κ3) is 11.1. The Morgan fingerprint density at radius 1 is 0.744 bits per heavy atom. The number of aliphatic hydroxyl groups excluding tert-OH is 2. The number of benzene rings is 2. The molecule has 0 saturated heterocycles. The van der Waals surface area contributed by atoms with Crippen molar-refractivity contribution in [1.82, 2.24) is 0 Å². The standard InChI is InChI=1S/C34H43FO8/c1-24(22-36)33(38)42-17-15-40-31-19-30(20-32(21-31)41-16-18-43-34(39)25(2)23-37)29-12-10-28(11-13-29)27-8-6-26(7-9-27)5-3-4-14-35/h10-13,19-21,26-27,36-37H,1-9,14-18,22-23H2. The third-order valence-corrected chi connectivity index (χ3v) is 7.57. The fraction of sp³-hybridized carbons (Fsp3) is 0.471. The van der Waals surface area contributed by atoms with Gasteiger partial charge in [0.05, 0.1) is 31.0 Å². The first-order chi connectivity index (χ1) is 20.8. The Balaban J connectivity index is 1.65. The summed E-state index contributed by atoms with van der Waals surface area (Å²) in [6.07, 6.45) is 7.43. The van der Waals surface area contributed by atoms with E-state index in [1.165, 1.54) is 18.4 Å². The molecule has 0 unspecified atom stereocenters. The molecule has 2 N–H and O–H groups in total. The molecule has 0 atom stereocenters. The normalized spacial score (nSPS) is 16.3. The van der Waals surface area contributed by atoms with Crippen LogP contribution in [0.25, 0.3) is 11.1 Å². The second-order valence-electron chi connectivity index (χ2n) is 10.7. The maximum absolute atomic E-state index is 12.4. The van der Waals surface area contributed by atoms with Crippen molar-refractivity contribution in [3.05, 3.63) is 72.3 Å². The molecule has 1 fully saturated rings. The molecule has 234 valence electrons. The van der Waals surface area contributed by atoms with Gasteiger partial charge in [-0.15, -0.1) is 0 Å². The van der Waals surface area contributed by atoms with Crippen LogP contribution in [0.15, 0.2) is 66.8 Å². The highest BCUT2D eigenvalue weighted by Crippen LogP contribution is 2.38. The minimum absolute atomic E-state index is 0.0320. The van der Waals surface area contributed by atoms with Gasteiger partial charge >= 0.3 is 11.9 Å². The van der Waals surface area contributed by atoms with Gasteiger partial charge < -0.3 is 29.2 Å². The first-order valence-electron chi connectivity index (χ1n) is 14.8.